The van der Waals surface area contributed by atoms with E-state index in [1.807, 2.05) is 13.8 Å². The van der Waals surface area contributed by atoms with Gasteiger partial charge in [0.05, 0.1) is 11.5 Å². The average molecular weight is 214 g/mol. The van der Waals surface area contributed by atoms with E-state index in [-0.39, 0.29) is 5.41 Å². The first-order valence-electron chi connectivity index (χ1n) is 5.88. The molecule has 84 valence electrons. The Morgan fingerprint density at radius 3 is 2.81 bits per heavy atom. The van der Waals surface area contributed by atoms with Gasteiger partial charge in [0, 0.05) is 18.8 Å². The summed E-state index contributed by atoms with van der Waals surface area (Å²) in [5.41, 5.74) is 3.49. The third kappa shape index (κ3) is 1.67. The molecule has 0 aliphatic carbocycles. The minimum Gasteiger partial charge on any atom is -0.371 e. The number of nitriles is 1. The van der Waals surface area contributed by atoms with E-state index in [1.54, 1.807) is 0 Å². The average Bonchev–Trinajstić information content (AvgIpc) is 2.70. The molecule has 0 saturated carbocycles. The van der Waals surface area contributed by atoms with Gasteiger partial charge >= 0.3 is 0 Å². The first-order chi connectivity index (χ1) is 7.58. The highest BCUT2D eigenvalue weighted by atomic mass is 15.1. The van der Waals surface area contributed by atoms with Crippen molar-refractivity contribution >= 4 is 5.69 Å². The van der Waals surface area contributed by atoms with E-state index in [1.165, 1.54) is 11.3 Å². The maximum Gasteiger partial charge on any atom is 0.0766 e. The van der Waals surface area contributed by atoms with Crippen LogP contribution in [-0.4, -0.2) is 13.1 Å². The molecule has 0 fully saturated rings. The smallest absolute Gasteiger partial charge is 0.0766 e. The molecule has 0 amide bonds. The third-order valence-electron chi connectivity index (χ3n) is 3.45. The Hall–Kier alpha value is -1.49. The summed E-state index contributed by atoms with van der Waals surface area (Å²) in [5, 5.41) is 9.13. The van der Waals surface area contributed by atoms with Gasteiger partial charge in [-0.25, -0.2) is 0 Å². The van der Waals surface area contributed by atoms with Crippen LogP contribution in [0.3, 0.4) is 0 Å². The predicted molar refractivity (Wildman–Crippen MR) is 66.7 cm³/mol. The number of fused-ring (bicyclic) bond motifs is 1. The quantitative estimate of drug-likeness (QED) is 0.757. The number of anilines is 1. The van der Waals surface area contributed by atoms with Crippen molar-refractivity contribution in [2.75, 3.05) is 18.0 Å². The zero-order chi connectivity index (χ0) is 11.8. The second-order valence-electron chi connectivity index (χ2n) is 4.91. The monoisotopic (exact) mass is 214 g/mol. The van der Waals surface area contributed by atoms with E-state index in [0.29, 0.717) is 0 Å². The topological polar surface area (TPSA) is 27.0 Å². The largest absolute Gasteiger partial charge is 0.371 e. The van der Waals surface area contributed by atoms with E-state index in [4.69, 9.17) is 5.26 Å². The minimum absolute atomic E-state index is 0.380. The van der Waals surface area contributed by atoms with E-state index >= 15 is 0 Å². The van der Waals surface area contributed by atoms with Crippen LogP contribution in [0.4, 0.5) is 5.69 Å². The predicted octanol–water partition coefficient (Wildman–Crippen LogP) is 2.87. The van der Waals surface area contributed by atoms with Crippen molar-refractivity contribution in [3.63, 3.8) is 0 Å². The Labute approximate surface area is 97.5 Å². The molecule has 0 saturated heterocycles. The highest BCUT2D eigenvalue weighted by molar-refractivity contribution is 5.60. The summed E-state index contributed by atoms with van der Waals surface area (Å²) in [5.74, 6) is 0. The molecule has 2 nitrogen and oxygen atoms in total. The molecule has 2 heteroatoms. The van der Waals surface area contributed by atoms with Gasteiger partial charge in [0.1, 0.15) is 0 Å². The van der Waals surface area contributed by atoms with Crippen molar-refractivity contribution in [2.45, 2.75) is 32.6 Å². The van der Waals surface area contributed by atoms with E-state index < -0.39 is 0 Å². The number of hydrogen-bond acceptors (Lipinski definition) is 2. The fourth-order valence-electron chi connectivity index (χ4n) is 2.25. The molecule has 0 radical (unpaired) electrons. The molecule has 0 unspecified atom stereocenters. The Bertz CT molecular complexity index is 441. The fraction of sp³-hybridized carbons (Fsp3) is 0.500. The van der Waals surface area contributed by atoms with Gasteiger partial charge in [-0.3, -0.25) is 0 Å². The standard InChI is InChI=1S/C14H18N2/c1-4-16-8-7-11-9-12(5-6-13(11)16)14(2,3)10-15/h5-6,9H,4,7-8H2,1-3H3. The van der Waals surface area contributed by atoms with Crippen molar-refractivity contribution in [1.29, 1.82) is 5.26 Å². The van der Waals surface area contributed by atoms with E-state index in [9.17, 15) is 0 Å². The second-order valence-corrected chi connectivity index (χ2v) is 4.91. The summed E-state index contributed by atoms with van der Waals surface area (Å²) < 4.78 is 0. The molecule has 0 N–H and O–H groups in total. The van der Waals surface area contributed by atoms with E-state index in [2.05, 4.69) is 36.1 Å². The van der Waals surface area contributed by atoms with Crippen LogP contribution in [0.1, 0.15) is 31.9 Å². The van der Waals surface area contributed by atoms with Crippen molar-refractivity contribution < 1.29 is 0 Å². The van der Waals surface area contributed by atoms with Crippen LogP contribution in [-0.2, 0) is 11.8 Å². The molecule has 16 heavy (non-hydrogen) atoms. The lowest BCUT2D eigenvalue weighted by Crippen LogP contribution is -2.19. The third-order valence-corrected chi connectivity index (χ3v) is 3.45. The lowest BCUT2D eigenvalue weighted by atomic mass is 9.85. The van der Waals surface area contributed by atoms with E-state index in [0.717, 1.165) is 25.1 Å². The fourth-order valence-corrected chi connectivity index (χ4v) is 2.25. The maximum absolute atomic E-state index is 9.13. The van der Waals surface area contributed by atoms with Crippen LogP contribution in [0.5, 0.6) is 0 Å². The number of benzene rings is 1. The van der Waals surface area contributed by atoms with Crippen molar-refractivity contribution in [2.24, 2.45) is 0 Å². The molecule has 1 aromatic carbocycles. The molecule has 1 aliphatic heterocycles. The van der Waals surface area contributed by atoms with Crippen LogP contribution in [0.25, 0.3) is 0 Å². The van der Waals surface area contributed by atoms with Gasteiger partial charge < -0.3 is 4.90 Å². The molecule has 0 bridgehead atoms. The van der Waals surface area contributed by atoms with Crippen LogP contribution in [0, 0.1) is 11.3 Å². The second kappa shape index (κ2) is 3.83. The minimum atomic E-state index is -0.380. The molecule has 2 rings (SSSR count). The number of rotatable bonds is 2. The Balaban J connectivity index is 2.40. The summed E-state index contributed by atoms with van der Waals surface area (Å²) in [7, 11) is 0. The molecular weight excluding hydrogens is 196 g/mol. The van der Waals surface area contributed by atoms with Gasteiger partial charge in [-0.05, 0) is 44.4 Å². The summed E-state index contributed by atoms with van der Waals surface area (Å²) in [6.07, 6.45) is 1.11. The Morgan fingerprint density at radius 1 is 1.44 bits per heavy atom. The number of nitrogens with zero attached hydrogens (tertiary/aromatic N) is 2. The Kier molecular flexibility index (Phi) is 2.63. The van der Waals surface area contributed by atoms with Crippen molar-refractivity contribution in [3.05, 3.63) is 29.3 Å². The zero-order valence-corrected chi connectivity index (χ0v) is 10.2. The lowest BCUT2D eigenvalue weighted by Gasteiger charge is -2.19. The van der Waals surface area contributed by atoms with Gasteiger partial charge in [0.25, 0.3) is 0 Å². The SMILES string of the molecule is CCN1CCc2cc(C(C)(C)C#N)ccc21. The highest BCUT2D eigenvalue weighted by Crippen LogP contribution is 2.32. The summed E-state index contributed by atoms with van der Waals surface area (Å²) in [6.45, 7) is 8.31. The van der Waals surface area contributed by atoms with Crippen molar-refractivity contribution in [3.8, 4) is 6.07 Å². The van der Waals surface area contributed by atoms with Crippen molar-refractivity contribution in [1.82, 2.24) is 0 Å². The summed E-state index contributed by atoms with van der Waals surface area (Å²) in [6, 6.07) is 8.82. The summed E-state index contributed by atoms with van der Waals surface area (Å²) >= 11 is 0. The number of likely N-dealkylation sites (N-methyl/N-ethyl adjacent to an activating group) is 1. The van der Waals surface area contributed by atoms with Crippen LogP contribution in [0.15, 0.2) is 18.2 Å². The number of hydrogen-bond donors (Lipinski definition) is 0. The van der Waals surface area contributed by atoms with Crippen LogP contribution < -0.4 is 4.90 Å². The highest BCUT2D eigenvalue weighted by Gasteiger charge is 2.23. The summed E-state index contributed by atoms with van der Waals surface area (Å²) in [4.78, 5) is 2.39. The molecule has 1 heterocycles. The zero-order valence-electron chi connectivity index (χ0n) is 10.2. The molecule has 0 spiro atoms. The normalized spacial score (nSPS) is 14.8. The Morgan fingerprint density at radius 2 is 2.19 bits per heavy atom. The molecular formula is C14H18N2. The van der Waals surface area contributed by atoms with Gasteiger partial charge in [-0.1, -0.05) is 12.1 Å². The molecule has 0 atom stereocenters. The first-order valence-corrected chi connectivity index (χ1v) is 5.88. The molecule has 1 aliphatic rings. The molecule has 0 aromatic heterocycles. The van der Waals surface area contributed by atoms with Crippen LogP contribution in [0.2, 0.25) is 0 Å². The molecule has 1 aromatic rings. The van der Waals surface area contributed by atoms with Gasteiger partial charge in [0.15, 0.2) is 0 Å². The van der Waals surface area contributed by atoms with Crippen LogP contribution >= 0.6 is 0 Å². The van der Waals surface area contributed by atoms with Gasteiger partial charge in [-0.15, -0.1) is 0 Å². The van der Waals surface area contributed by atoms with Gasteiger partial charge in [0.2, 0.25) is 0 Å². The van der Waals surface area contributed by atoms with Gasteiger partial charge in [-0.2, -0.15) is 5.26 Å². The first kappa shape index (κ1) is 11.0. The lowest BCUT2D eigenvalue weighted by molar-refractivity contribution is 0.686. The maximum atomic E-state index is 9.13.